The third kappa shape index (κ3) is 3.52. The molecule has 2 aromatic rings. The minimum atomic E-state index is -1.65. The Kier molecular flexibility index (Phi) is 5.13. The fourth-order valence-corrected chi connectivity index (χ4v) is 3.62. The highest BCUT2D eigenvalue weighted by Crippen LogP contribution is 2.36. The fraction of sp³-hybridized carbons (Fsp3) is 0.350. The topological polar surface area (TPSA) is 50.8 Å². The van der Waals surface area contributed by atoms with Crippen LogP contribution >= 0.6 is 0 Å². The van der Waals surface area contributed by atoms with Crippen molar-refractivity contribution < 1.29 is 27.4 Å². The third-order valence-electron chi connectivity index (χ3n) is 5.10. The molecule has 148 valence electrons. The number of hydrogen-bond acceptors (Lipinski definition) is 4. The summed E-state index contributed by atoms with van der Waals surface area (Å²) in [6.45, 7) is 2.10. The van der Waals surface area contributed by atoms with Gasteiger partial charge in [0, 0.05) is 6.54 Å². The number of rotatable bonds is 5. The molecular formula is C20H19F3N2O3. The van der Waals surface area contributed by atoms with E-state index in [0.717, 1.165) is 43.6 Å². The van der Waals surface area contributed by atoms with Crippen molar-refractivity contribution in [1.29, 1.82) is 0 Å². The normalized spacial score (nSPS) is 17.0. The van der Waals surface area contributed by atoms with E-state index in [0.29, 0.717) is 11.5 Å². The van der Waals surface area contributed by atoms with E-state index in [-0.39, 0.29) is 19.4 Å². The Hall–Kier alpha value is -2.74. The summed E-state index contributed by atoms with van der Waals surface area (Å²) in [6, 6.07) is 7.11. The molecule has 0 unspecified atom stereocenters. The van der Waals surface area contributed by atoms with Crippen LogP contribution in [0.3, 0.4) is 0 Å². The van der Waals surface area contributed by atoms with Crippen LogP contribution in [0.5, 0.6) is 11.5 Å². The lowest BCUT2D eigenvalue weighted by Gasteiger charge is -2.28. The van der Waals surface area contributed by atoms with Crippen LogP contribution in [0.15, 0.2) is 30.3 Å². The van der Waals surface area contributed by atoms with Crippen LogP contribution in [-0.4, -0.2) is 37.2 Å². The highest BCUT2D eigenvalue weighted by atomic mass is 19.2. The van der Waals surface area contributed by atoms with Gasteiger partial charge in [-0.15, -0.1) is 0 Å². The molecule has 0 aliphatic carbocycles. The molecule has 5 nitrogen and oxygen atoms in total. The van der Waals surface area contributed by atoms with Crippen molar-refractivity contribution in [2.75, 3.05) is 26.4 Å². The van der Waals surface area contributed by atoms with Crippen LogP contribution in [0, 0.1) is 17.5 Å². The molecule has 4 rings (SSSR count). The number of ether oxygens (including phenoxy) is 2. The van der Waals surface area contributed by atoms with Crippen LogP contribution in [-0.2, 0) is 0 Å². The van der Waals surface area contributed by atoms with Gasteiger partial charge in [0.1, 0.15) is 0 Å². The van der Waals surface area contributed by atoms with Gasteiger partial charge in [-0.25, -0.2) is 13.2 Å². The zero-order chi connectivity index (χ0) is 19.7. The second kappa shape index (κ2) is 7.71. The van der Waals surface area contributed by atoms with E-state index in [9.17, 15) is 18.0 Å². The van der Waals surface area contributed by atoms with Crippen molar-refractivity contribution in [3.8, 4) is 11.5 Å². The fourth-order valence-electron chi connectivity index (χ4n) is 3.62. The molecule has 2 aliphatic heterocycles. The van der Waals surface area contributed by atoms with Gasteiger partial charge in [0.15, 0.2) is 29.0 Å². The van der Waals surface area contributed by atoms with Gasteiger partial charge >= 0.3 is 0 Å². The molecule has 2 aromatic carbocycles. The van der Waals surface area contributed by atoms with E-state index in [1.165, 1.54) is 0 Å². The number of nitrogens with one attached hydrogen (secondary N) is 1. The van der Waals surface area contributed by atoms with Crippen molar-refractivity contribution in [2.24, 2.45) is 0 Å². The summed E-state index contributed by atoms with van der Waals surface area (Å²) in [4.78, 5) is 14.6. The largest absolute Gasteiger partial charge is 0.454 e. The van der Waals surface area contributed by atoms with Gasteiger partial charge in [-0.1, -0.05) is 6.07 Å². The Morgan fingerprint density at radius 3 is 2.57 bits per heavy atom. The Balaban J connectivity index is 1.53. The summed E-state index contributed by atoms with van der Waals surface area (Å²) in [5.74, 6) is -3.96. The summed E-state index contributed by atoms with van der Waals surface area (Å²) in [5, 5.41) is 2.65. The molecule has 1 amide bonds. The van der Waals surface area contributed by atoms with E-state index >= 15 is 0 Å². The molecule has 2 aliphatic rings. The molecule has 0 radical (unpaired) electrons. The van der Waals surface area contributed by atoms with Crippen molar-refractivity contribution in [3.05, 3.63) is 58.9 Å². The lowest BCUT2D eigenvalue weighted by Crippen LogP contribution is -2.37. The predicted molar refractivity (Wildman–Crippen MR) is 94.8 cm³/mol. The summed E-state index contributed by atoms with van der Waals surface area (Å²) in [7, 11) is 0. The van der Waals surface area contributed by atoms with Gasteiger partial charge in [0.25, 0.3) is 5.91 Å². The quantitative estimate of drug-likeness (QED) is 0.793. The minimum absolute atomic E-state index is 0.158. The van der Waals surface area contributed by atoms with Crippen LogP contribution < -0.4 is 14.8 Å². The predicted octanol–water partition coefficient (Wildman–Crippen LogP) is 3.40. The van der Waals surface area contributed by atoms with Gasteiger partial charge in [-0.2, -0.15) is 0 Å². The number of likely N-dealkylation sites (tertiary alicyclic amines) is 1. The summed E-state index contributed by atoms with van der Waals surface area (Å²) >= 11 is 0. The van der Waals surface area contributed by atoms with Gasteiger partial charge in [-0.05, 0) is 55.8 Å². The molecule has 0 aromatic heterocycles. The monoisotopic (exact) mass is 392 g/mol. The zero-order valence-electron chi connectivity index (χ0n) is 15.0. The second-order valence-electron chi connectivity index (χ2n) is 6.80. The molecule has 0 spiro atoms. The van der Waals surface area contributed by atoms with Crippen molar-refractivity contribution in [3.63, 3.8) is 0 Å². The lowest BCUT2D eigenvalue weighted by atomic mass is 10.0. The number of carbonyl (C=O) groups excluding carboxylic acids is 1. The zero-order valence-corrected chi connectivity index (χ0v) is 15.0. The number of carbonyl (C=O) groups is 1. The third-order valence-corrected chi connectivity index (χ3v) is 5.10. The Morgan fingerprint density at radius 2 is 1.79 bits per heavy atom. The summed E-state index contributed by atoms with van der Waals surface area (Å²) in [6.07, 6.45) is 2.10. The van der Waals surface area contributed by atoms with Crippen molar-refractivity contribution in [1.82, 2.24) is 10.2 Å². The van der Waals surface area contributed by atoms with Gasteiger partial charge in [0.05, 0.1) is 11.6 Å². The molecule has 0 saturated carbocycles. The highest BCUT2D eigenvalue weighted by molar-refractivity contribution is 5.94. The van der Waals surface area contributed by atoms with Crippen LogP contribution in [0.25, 0.3) is 0 Å². The summed E-state index contributed by atoms with van der Waals surface area (Å²) < 4.78 is 51.2. The van der Waals surface area contributed by atoms with Crippen LogP contribution in [0.4, 0.5) is 13.2 Å². The smallest absolute Gasteiger partial charge is 0.254 e. The first-order chi connectivity index (χ1) is 13.5. The second-order valence-corrected chi connectivity index (χ2v) is 6.80. The van der Waals surface area contributed by atoms with Crippen LogP contribution in [0.2, 0.25) is 0 Å². The van der Waals surface area contributed by atoms with E-state index in [4.69, 9.17) is 9.47 Å². The Labute approximate surface area is 160 Å². The molecule has 1 N–H and O–H groups in total. The number of fused-ring (bicyclic) bond motifs is 1. The number of hydrogen-bond donors (Lipinski definition) is 1. The maximum atomic E-state index is 13.9. The lowest BCUT2D eigenvalue weighted by molar-refractivity contribution is 0.0932. The van der Waals surface area contributed by atoms with Crippen molar-refractivity contribution >= 4 is 5.91 Å². The minimum Gasteiger partial charge on any atom is -0.454 e. The standard InChI is InChI=1S/C20H19F3N2O3/c21-14-5-4-13(18(22)19(14)23)20(26)24-10-15(25-7-1-2-8-25)12-3-6-16-17(9-12)28-11-27-16/h3-6,9,15H,1-2,7-8,10-11H2,(H,24,26)/t15-/m0/s1. The van der Waals surface area contributed by atoms with Gasteiger partial charge in [0.2, 0.25) is 6.79 Å². The number of halogens is 3. The molecule has 1 saturated heterocycles. The van der Waals surface area contributed by atoms with E-state index in [1.807, 2.05) is 18.2 Å². The molecular weight excluding hydrogens is 373 g/mol. The van der Waals surface area contributed by atoms with Crippen LogP contribution in [0.1, 0.15) is 34.8 Å². The molecule has 28 heavy (non-hydrogen) atoms. The molecule has 2 heterocycles. The average molecular weight is 392 g/mol. The first-order valence-corrected chi connectivity index (χ1v) is 9.10. The first kappa shape index (κ1) is 18.6. The number of nitrogens with zero attached hydrogens (tertiary/aromatic N) is 1. The van der Waals surface area contributed by atoms with E-state index < -0.39 is 28.9 Å². The van der Waals surface area contributed by atoms with Gasteiger partial charge < -0.3 is 14.8 Å². The number of benzene rings is 2. The van der Waals surface area contributed by atoms with E-state index in [2.05, 4.69) is 10.2 Å². The molecule has 0 bridgehead atoms. The maximum absolute atomic E-state index is 13.9. The van der Waals surface area contributed by atoms with Crippen molar-refractivity contribution in [2.45, 2.75) is 18.9 Å². The van der Waals surface area contributed by atoms with E-state index in [1.54, 1.807) is 0 Å². The average Bonchev–Trinajstić information content (AvgIpc) is 3.38. The SMILES string of the molecule is O=C(NC[C@@H](c1ccc2c(c1)OCO2)N1CCCC1)c1ccc(F)c(F)c1F. The molecule has 8 heteroatoms. The molecule has 1 fully saturated rings. The first-order valence-electron chi connectivity index (χ1n) is 9.10. The summed E-state index contributed by atoms with van der Waals surface area (Å²) in [5.41, 5.74) is 0.405. The molecule has 1 atom stereocenters. The number of amides is 1. The van der Waals surface area contributed by atoms with Gasteiger partial charge in [-0.3, -0.25) is 9.69 Å². The Morgan fingerprint density at radius 1 is 1.04 bits per heavy atom. The highest BCUT2D eigenvalue weighted by Gasteiger charge is 2.27. The Bertz CT molecular complexity index is 901. The maximum Gasteiger partial charge on any atom is 0.254 e.